The second kappa shape index (κ2) is 6.86. The molecule has 3 rings (SSSR count). The lowest BCUT2D eigenvalue weighted by Crippen LogP contribution is -2.48. The Morgan fingerprint density at radius 3 is 2.80 bits per heavy atom. The van der Waals surface area contributed by atoms with Crippen molar-refractivity contribution in [3.05, 3.63) is 47.1 Å². The highest BCUT2D eigenvalue weighted by Crippen LogP contribution is 2.33. The molecule has 0 unspecified atom stereocenters. The highest BCUT2D eigenvalue weighted by molar-refractivity contribution is 5.91. The van der Waals surface area contributed by atoms with Gasteiger partial charge in [-0.15, -0.1) is 0 Å². The van der Waals surface area contributed by atoms with E-state index in [0.29, 0.717) is 36.5 Å². The van der Waals surface area contributed by atoms with Gasteiger partial charge in [-0.25, -0.2) is 9.18 Å². The van der Waals surface area contributed by atoms with Gasteiger partial charge in [0.1, 0.15) is 17.2 Å². The smallest absolute Gasteiger partial charge is 0.322 e. The summed E-state index contributed by atoms with van der Waals surface area (Å²) in [6.45, 7) is 6.57. The molecule has 6 heteroatoms. The van der Waals surface area contributed by atoms with Gasteiger partial charge >= 0.3 is 6.03 Å². The molecule has 134 valence electrons. The number of likely N-dealkylation sites (tertiary alicyclic amines) is 1. The van der Waals surface area contributed by atoms with Gasteiger partial charge in [-0.2, -0.15) is 0 Å². The molecule has 1 aliphatic rings. The van der Waals surface area contributed by atoms with Crippen LogP contribution in [-0.4, -0.2) is 28.2 Å². The van der Waals surface area contributed by atoms with E-state index in [9.17, 15) is 9.18 Å². The third-order valence-corrected chi connectivity index (χ3v) is 4.98. The van der Waals surface area contributed by atoms with Crippen LogP contribution in [0.2, 0.25) is 0 Å². The van der Waals surface area contributed by atoms with Gasteiger partial charge < -0.3 is 14.7 Å². The van der Waals surface area contributed by atoms with Crippen LogP contribution < -0.4 is 5.32 Å². The fraction of sp³-hybridized carbons (Fsp3) is 0.474. The molecule has 2 heterocycles. The van der Waals surface area contributed by atoms with Crippen LogP contribution in [0.4, 0.5) is 14.9 Å². The summed E-state index contributed by atoms with van der Waals surface area (Å²) in [5.41, 5.74) is 2.09. The van der Waals surface area contributed by atoms with E-state index in [0.717, 1.165) is 18.4 Å². The van der Waals surface area contributed by atoms with Crippen molar-refractivity contribution in [3.63, 3.8) is 0 Å². The lowest BCUT2D eigenvalue weighted by Gasteiger charge is -2.35. The molecule has 2 aromatic rings. The average Bonchev–Trinajstić information content (AvgIpc) is 3.13. The Kier molecular flexibility index (Phi) is 4.79. The predicted octanol–water partition coefficient (Wildman–Crippen LogP) is 4.31. The van der Waals surface area contributed by atoms with Crippen LogP contribution >= 0.6 is 0 Å². The molecule has 25 heavy (non-hydrogen) atoms. The molecule has 1 aromatic carbocycles. The van der Waals surface area contributed by atoms with E-state index in [2.05, 4.69) is 17.4 Å². The lowest BCUT2D eigenvalue weighted by molar-refractivity contribution is 0.167. The number of hydrogen-bond acceptors (Lipinski definition) is 3. The molecular weight excluding hydrogens is 321 g/mol. The molecule has 0 saturated carbocycles. The van der Waals surface area contributed by atoms with E-state index >= 15 is 0 Å². The number of rotatable bonds is 4. The molecule has 0 aliphatic carbocycles. The van der Waals surface area contributed by atoms with Crippen molar-refractivity contribution in [2.45, 2.75) is 52.0 Å². The van der Waals surface area contributed by atoms with Crippen molar-refractivity contribution >= 4 is 11.7 Å². The average molecular weight is 345 g/mol. The standard InChI is InChI=1S/C19H24FN3O2/c1-4-16-17(13(2)22-25-16)21-18(24)23-11-5-10-19(23,3)12-14-6-8-15(20)9-7-14/h6-9H,4-5,10-12H2,1-3H3,(H,21,24)/t19-/m0/s1. The second-order valence-electron chi connectivity index (χ2n) is 6.91. The van der Waals surface area contributed by atoms with Crippen LogP contribution in [-0.2, 0) is 12.8 Å². The van der Waals surface area contributed by atoms with Crippen LogP contribution in [0, 0.1) is 12.7 Å². The molecule has 1 fully saturated rings. The SMILES string of the molecule is CCc1onc(C)c1NC(=O)N1CCC[C@@]1(C)Cc1ccc(F)cc1. The Bertz CT molecular complexity index is 757. The van der Waals surface area contributed by atoms with Crippen LogP contribution in [0.25, 0.3) is 0 Å². The first-order chi connectivity index (χ1) is 11.9. The number of anilines is 1. The predicted molar refractivity (Wildman–Crippen MR) is 94.1 cm³/mol. The van der Waals surface area contributed by atoms with Crippen LogP contribution in [0.3, 0.4) is 0 Å². The summed E-state index contributed by atoms with van der Waals surface area (Å²) >= 11 is 0. The topological polar surface area (TPSA) is 58.4 Å². The van der Waals surface area contributed by atoms with Crippen molar-refractivity contribution < 1.29 is 13.7 Å². The summed E-state index contributed by atoms with van der Waals surface area (Å²) in [6.07, 6.45) is 3.24. The Hall–Kier alpha value is -2.37. The maximum atomic E-state index is 13.1. The van der Waals surface area contributed by atoms with E-state index < -0.39 is 0 Å². The maximum Gasteiger partial charge on any atom is 0.322 e. The maximum absolute atomic E-state index is 13.1. The van der Waals surface area contributed by atoms with E-state index in [1.807, 2.05) is 18.7 Å². The number of hydrogen-bond donors (Lipinski definition) is 1. The monoisotopic (exact) mass is 345 g/mol. The summed E-state index contributed by atoms with van der Waals surface area (Å²) in [4.78, 5) is 14.8. The molecule has 2 amide bonds. The Labute approximate surface area is 147 Å². The van der Waals surface area contributed by atoms with Gasteiger partial charge in [0.15, 0.2) is 5.76 Å². The fourth-order valence-electron chi connectivity index (χ4n) is 3.59. The van der Waals surface area contributed by atoms with E-state index in [4.69, 9.17) is 4.52 Å². The van der Waals surface area contributed by atoms with E-state index in [1.165, 1.54) is 12.1 Å². The first kappa shape index (κ1) is 17.5. The number of nitrogens with one attached hydrogen (secondary N) is 1. The quantitative estimate of drug-likeness (QED) is 0.898. The van der Waals surface area contributed by atoms with Crippen molar-refractivity contribution in [1.29, 1.82) is 0 Å². The Balaban J connectivity index is 1.76. The lowest BCUT2D eigenvalue weighted by atomic mass is 9.90. The normalized spacial score (nSPS) is 20.1. The molecule has 5 nitrogen and oxygen atoms in total. The molecule has 1 aromatic heterocycles. The third-order valence-electron chi connectivity index (χ3n) is 4.98. The first-order valence-corrected chi connectivity index (χ1v) is 8.71. The van der Waals surface area contributed by atoms with Crippen LogP contribution in [0.15, 0.2) is 28.8 Å². The van der Waals surface area contributed by atoms with Gasteiger partial charge in [-0.05, 0) is 50.8 Å². The second-order valence-corrected chi connectivity index (χ2v) is 6.91. The molecule has 1 N–H and O–H groups in total. The van der Waals surface area contributed by atoms with Crippen molar-refractivity contribution in [2.24, 2.45) is 0 Å². The number of carbonyl (C=O) groups excluding carboxylic acids is 1. The van der Waals surface area contributed by atoms with Crippen LogP contribution in [0.1, 0.15) is 43.7 Å². The van der Waals surface area contributed by atoms with Gasteiger partial charge in [0, 0.05) is 18.5 Å². The van der Waals surface area contributed by atoms with Gasteiger partial charge in [0.2, 0.25) is 0 Å². The number of aryl methyl sites for hydroxylation is 2. The molecule has 0 radical (unpaired) electrons. The van der Waals surface area contributed by atoms with E-state index in [1.54, 1.807) is 12.1 Å². The summed E-state index contributed by atoms with van der Waals surface area (Å²) in [5.74, 6) is 0.440. The molecular formula is C19H24FN3O2. The highest BCUT2D eigenvalue weighted by Gasteiger charge is 2.40. The zero-order chi connectivity index (χ0) is 18.0. The van der Waals surface area contributed by atoms with Gasteiger partial charge in [-0.3, -0.25) is 0 Å². The number of benzene rings is 1. The third kappa shape index (κ3) is 3.52. The number of aromatic nitrogens is 1. The number of nitrogens with zero attached hydrogens (tertiary/aromatic N) is 2. The highest BCUT2D eigenvalue weighted by atomic mass is 19.1. The van der Waals surface area contributed by atoms with E-state index in [-0.39, 0.29) is 17.4 Å². The Morgan fingerprint density at radius 1 is 1.40 bits per heavy atom. The number of carbonyl (C=O) groups is 1. The first-order valence-electron chi connectivity index (χ1n) is 8.71. The summed E-state index contributed by atoms with van der Waals surface area (Å²) in [7, 11) is 0. The summed E-state index contributed by atoms with van der Waals surface area (Å²) < 4.78 is 18.4. The molecule has 0 bridgehead atoms. The molecule has 1 saturated heterocycles. The fourth-order valence-corrected chi connectivity index (χ4v) is 3.59. The van der Waals surface area contributed by atoms with Crippen molar-refractivity contribution in [3.8, 4) is 0 Å². The van der Waals surface area contributed by atoms with Gasteiger partial charge in [-0.1, -0.05) is 24.2 Å². The molecule has 0 spiro atoms. The summed E-state index contributed by atoms with van der Waals surface area (Å²) in [6, 6.07) is 6.36. The minimum Gasteiger partial charge on any atom is -0.359 e. The molecule has 1 aliphatic heterocycles. The van der Waals surface area contributed by atoms with Crippen molar-refractivity contribution in [1.82, 2.24) is 10.1 Å². The number of halogens is 1. The van der Waals surface area contributed by atoms with Crippen LogP contribution in [0.5, 0.6) is 0 Å². The summed E-state index contributed by atoms with van der Waals surface area (Å²) in [5, 5.41) is 6.91. The van der Waals surface area contributed by atoms with Crippen molar-refractivity contribution in [2.75, 3.05) is 11.9 Å². The van der Waals surface area contributed by atoms with Gasteiger partial charge in [0.05, 0.1) is 0 Å². The minimum atomic E-state index is -0.292. The number of amides is 2. The zero-order valence-electron chi connectivity index (χ0n) is 14.9. The number of urea groups is 1. The van der Waals surface area contributed by atoms with Gasteiger partial charge in [0.25, 0.3) is 0 Å². The largest absolute Gasteiger partial charge is 0.359 e. The molecule has 1 atom stereocenters. The minimum absolute atomic E-state index is 0.136. The zero-order valence-corrected chi connectivity index (χ0v) is 14.9. The Morgan fingerprint density at radius 2 is 2.12 bits per heavy atom.